The predicted molar refractivity (Wildman–Crippen MR) is 54.5 cm³/mol. The van der Waals surface area contributed by atoms with Crippen molar-refractivity contribution < 1.29 is 36.8 Å². The van der Waals surface area contributed by atoms with Gasteiger partial charge in [-0.3, -0.25) is 0 Å². The summed E-state index contributed by atoms with van der Waals surface area (Å²) in [5.41, 5.74) is -0.462. The number of hydrogen-bond donors (Lipinski definition) is 0. The van der Waals surface area contributed by atoms with Crippen LogP contribution in [0.2, 0.25) is 0 Å². The maximum Gasteiger partial charge on any atom is 0.330 e. The molecule has 0 saturated heterocycles. The molecular formula is C10H18F4O4. The highest BCUT2D eigenvalue weighted by atomic mass is 19.3. The number of alkyl halides is 4. The van der Waals surface area contributed by atoms with E-state index >= 15 is 0 Å². The molecule has 0 rings (SSSR count). The fourth-order valence-corrected chi connectivity index (χ4v) is 0.670. The van der Waals surface area contributed by atoms with Crippen LogP contribution in [-0.4, -0.2) is 44.6 Å². The summed E-state index contributed by atoms with van der Waals surface area (Å²) in [6, 6.07) is 0. The van der Waals surface area contributed by atoms with Crippen molar-refractivity contribution >= 4 is 0 Å². The normalized spacial score (nSPS) is 13.3. The zero-order chi connectivity index (χ0) is 14.2. The van der Waals surface area contributed by atoms with Crippen LogP contribution in [0.5, 0.6) is 0 Å². The van der Waals surface area contributed by atoms with Crippen molar-refractivity contribution in [2.75, 3.05) is 26.6 Å². The topological polar surface area (TPSA) is 36.9 Å². The Kier molecular flexibility index (Phi) is 7.69. The zero-order valence-corrected chi connectivity index (χ0v) is 10.6. The first-order valence-corrected chi connectivity index (χ1v) is 5.27. The largest absolute Gasteiger partial charge is 0.353 e. The van der Waals surface area contributed by atoms with Gasteiger partial charge in [-0.1, -0.05) is 0 Å². The van der Waals surface area contributed by atoms with E-state index in [1.165, 1.54) is 0 Å². The lowest BCUT2D eigenvalue weighted by atomic mass is 10.2. The van der Waals surface area contributed by atoms with Gasteiger partial charge in [0, 0.05) is 0 Å². The Morgan fingerprint density at radius 2 is 1.61 bits per heavy atom. The maximum absolute atomic E-state index is 12.3. The second kappa shape index (κ2) is 7.88. The quantitative estimate of drug-likeness (QED) is 0.214. The molecule has 0 aromatic heterocycles. The molecule has 0 heterocycles. The molecule has 0 spiro atoms. The Bertz CT molecular complexity index is 218. The van der Waals surface area contributed by atoms with Gasteiger partial charge >= 0.3 is 12.3 Å². The molecule has 0 atom stereocenters. The van der Waals surface area contributed by atoms with Gasteiger partial charge in [0.1, 0.15) is 20.0 Å². The Morgan fingerprint density at radius 3 is 2.11 bits per heavy atom. The minimum atomic E-state index is -4.16. The lowest BCUT2D eigenvalue weighted by Crippen LogP contribution is -2.32. The number of halogens is 4. The average molecular weight is 278 g/mol. The average Bonchev–Trinajstić information content (AvgIpc) is 2.20. The summed E-state index contributed by atoms with van der Waals surface area (Å²) in [6.07, 6.45) is -3.75. The van der Waals surface area contributed by atoms with Crippen molar-refractivity contribution in [2.24, 2.45) is 0 Å². The van der Waals surface area contributed by atoms with Crippen LogP contribution in [0.1, 0.15) is 20.8 Å². The van der Waals surface area contributed by atoms with E-state index in [4.69, 9.17) is 14.5 Å². The molecule has 0 saturated carbocycles. The third-order valence-electron chi connectivity index (χ3n) is 1.40. The van der Waals surface area contributed by atoms with E-state index < -0.39 is 31.3 Å². The molecule has 8 heteroatoms. The molecule has 0 aliphatic heterocycles. The minimum Gasteiger partial charge on any atom is -0.353 e. The van der Waals surface area contributed by atoms with Crippen molar-refractivity contribution in [3.05, 3.63) is 0 Å². The molecule has 110 valence electrons. The highest BCUT2D eigenvalue weighted by molar-refractivity contribution is 4.67. The Morgan fingerprint density at radius 1 is 1.00 bits per heavy atom. The maximum atomic E-state index is 12.3. The van der Waals surface area contributed by atoms with Gasteiger partial charge < -0.3 is 9.47 Å². The third kappa shape index (κ3) is 9.58. The lowest BCUT2D eigenvalue weighted by molar-refractivity contribution is -0.352. The van der Waals surface area contributed by atoms with Crippen LogP contribution in [0.15, 0.2) is 0 Å². The van der Waals surface area contributed by atoms with E-state index in [1.54, 1.807) is 20.8 Å². The first-order chi connectivity index (χ1) is 8.15. The van der Waals surface area contributed by atoms with Gasteiger partial charge in [0.05, 0.1) is 12.2 Å². The lowest BCUT2D eigenvalue weighted by Gasteiger charge is -2.17. The molecule has 4 nitrogen and oxygen atoms in total. The molecule has 0 N–H and O–H groups in total. The molecular weight excluding hydrogens is 260 g/mol. The number of rotatable bonds is 9. The summed E-state index contributed by atoms with van der Waals surface area (Å²) in [7, 11) is 0. The van der Waals surface area contributed by atoms with Gasteiger partial charge in [-0.25, -0.2) is 18.6 Å². The van der Waals surface area contributed by atoms with Gasteiger partial charge in [-0.05, 0) is 20.8 Å². The summed E-state index contributed by atoms with van der Waals surface area (Å²) in [5.74, 6) is -4.16. The zero-order valence-electron chi connectivity index (χ0n) is 10.6. The van der Waals surface area contributed by atoms with Crippen LogP contribution in [-0.2, 0) is 19.2 Å². The summed E-state index contributed by atoms with van der Waals surface area (Å²) < 4.78 is 57.0. The molecule has 0 aliphatic rings. The van der Waals surface area contributed by atoms with Gasteiger partial charge in [0.15, 0.2) is 0 Å². The van der Waals surface area contributed by atoms with Crippen LogP contribution in [0.3, 0.4) is 0 Å². The highest BCUT2D eigenvalue weighted by Crippen LogP contribution is 2.22. The van der Waals surface area contributed by atoms with Crippen LogP contribution in [0.25, 0.3) is 0 Å². The van der Waals surface area contributed by atoms with E-state index in [1.807, 2.05) is 0 Å². The molecule has 0 aromatic carbocycles. The molecule has 0 bridgehead atoms. The smallest absolute Gasteiger partial charge is 0.330 e. The highest BCUT2D eigenvalue weighted by Gasteiger charge is 2.40. The third-order valence-corrected chi connectivity index (χ3v) is 1.40. The van der Waals surface area contributed by atoms with Gasteiger partial charge in [-0.15, -0.1) is 0 Å². The van der Waals surface area contributed by atoms with Crippen molar-refractivity contribution in [3.63, 3.8) is 0 Å². The van der Waals surface area contributed by atoms with Gasteiger partial charge in [-0.2, -0.15) is 8.78 Å². The van der Waals surface area contributed by atoms with Crippen LogP contribution in [0, 0.1) is 0 Å². The molecule has 0 unspecified atom stereocenters. The number of hydrogen-bond acceptors (Lipinski definition) is 4. The van der Waals surface area contributed by atoms with Crippen molar-refractivity contribution in [1.82, 2.24) is 0 Å². The second-order valence-electron chi connectivity index (χ2n) is 4.45. The molecule has 0 radical (unpaired) electrons. The Labute approximate surface area is 103 Å². The van der Waals surface area contributed by atoms with Crippen LogP contribution in [0.4, 0.5) is 17.6 Å². The molecule has 18 heavy (non-hydrogen) atoms. The second-order valence-corrected chi connectivity index (χ2v) is 4.45. The van der Waals surface area contributed by atoms with Gasteiger partial charge in [0.2, 0.25) is 0 Å². The van der Waals surface area contributed by atoms with Crippen molar-refractivity contribution in [3.8, 4) is 0 Å². The van der Waals surface area contributed by atoms with Crippen molar-refractivity contribution in [1.29, 1.82) is 0 Å². The fraction of sp³-hybridized carbons (Fsp3) is 1.00. The van der Waals surface area contributed by atoms with E-state index in [-0.39, 0.29) is 13.2 Å². The standard InChI is InChI=1S/C10H18F4O4/c1-9(2,3)18-17-5-4-15-7-16-6-10(13,14)8(11)12/h8H,4-7H2,1-3H3. The summed E-state index contributed by atoms with van der Waals surface area (Å²) in [5, 5.41) is 0. The first kappa shape index (κ1) is 17.6. The van der Waals surface area contributed by atoms with Crippen molar-refractivity contribution in [2.45, 2.75) is 38.7 Å². The Hall–Kier alpha value is -0.440. The summed E-state index contributed by atoms with van der Waals surface area (Å²) in [6.45, 7) is 3.56. The Balaban J connectivity index is 3.37. The molecule has 0 aliphatic carbocycles. The summed E-state index contributed by atoms with van der Waals surface area (Å²) >= 11 is 0. The van der Waals surface area contributed by atoms with Gasteiger partial charge in [0.25, 0.3) is 0 Å². The summed E-state index contributed by atoms with van der Waals surface area (Å²) in [4.78, 5) is 9.62. The number of ether oxygens (including phenoxy) is 2. The van der Waals surface area contributed by atoms with E-state index in [9.17, 15) is 17.6 Å². The van der Waals surface area contributed by atoms with Crippen LogP contribution < -0.4 is 0 Å². The van der Waals surface area contributed by atoms with E-state index in [0.717, 1.165) is 0 Å². The first-order valence-electron chi connectivity index (χ1n) is 5.27. The monoisotopic (exact) mass is 278 g/mol. The van der Waals surface area contributed by atoms with E-state index in [0.29, 0.717) is 0 Å². The van der Waals surface area contributed by atoms with E-state index in [2.05, 4.69) is 4.74 Å². The molecule has 0 fully saturated rings. The van der Waals surface area contributed by atoms with Crippen LogP contribution >= 0.6 is 0 Å². The SMILES string of the molecule is CC(C)(C)OOCCOCOCC(F)(F)C(F)F. The predicted octanol–water partition coefficient (Wildman–Crippen LogP) is 2.62. The minimum absolute atomic E-state index is 0.0380. The molecule has 0 amide bonds. The molecule has 0 aromatic rings. The fourth-order valence-electron chi connectivity index (χ4n) is 0.670.